The Hall–Kier alpha value is -3.44. The molecule has 0 amide bonds. The van der Waals surface area contributed by atoms with Gasteiger partial charge in [-0.3, -0.25) is 4.98 Å². The Labute approximate surface area is 176 Å². The predicted octanol–water partition coefficient (Wildman–Crippen LogP) is 4.57. The zero-order valence-electron chi connectivity index (χ0n) is 17.2. The SMILES string of the molecule is Cc1ccc(-c2cnc(-c3cc(C4NCCc5c(N)cccc54)ccc3C)[nH]2)cn1. The van der Waals surface area contributed by atoms with Gasteiger partial charge in [-0.25, -0.2) is 4.98 Å². The molecular formula is C25H25N5. The number of nitrogens with two attached hydrogens (primary N) is 1. The number of H-pyrrole nitrogens is 1. The third-order valence-electron chi connectivity index (χ3n) is 5.93. The fourth-order valence-corrected chi connectivity index (χ4v) is 4.24. The van der Waals surface area contributed by atoms with E-state index in [1.165, 1.54) is 22.3 Å². The molecule has 5 rings (SSSR count). The van der Waals surface area contributed by atoms with Gasteiger partial charge in [-0.2, -0.15) is 0 Å². The Balaban J connectivity index is 1.53. The van der Waals surface area contributed by atoms with Crippen LogP contribution in [0.2, 0.25) is 0 Å². The van der Waals surface area contributed by atoms with E-state index in [0.29, 0.717) is 0 Å². The minimum absolute atomic E-state index is 0.132. The van der Waals surface area contributed by atoms with Crippen molar-refractivity contribution in [2.75, 3.05) is 12.3 Å². The van der Waals surface area contributed by atoms with Crippen LogP contribution >= 0.6 is 0 Å². The topological polar surface area (TPSA) is 79.6 Å². The number of fused-ring (bicyclic) bond motifs is 1. The van der Waals surface area contributed by atoms with Crippen LogP contribution in [0.5, 0.6) is 0 Å². The number of hydrogen-bond acceptors (Lipinski definition) is 4. The predicted molar refractivity (Wildman–Crippen MR) is 121 cm³/mol. The van der Waals surface area contributed by atoms with Crippen LogP contribution in [0.1, 0.15) is 34.0 Å². The summed E-state index contributed by atoms with van der Waals surface area (Å²) in [6, 6.07) is 17.0. The molecule has 3 heterocycles. The van der Waals surface area contributed by atoms with Crippen molar-refractivity contribution in [1.82, 2.24) is 20.3 Å². The maximum absolute atomic E-state index is 6.25. The molecule has 1 unspecified atom stereocenters. The van der Waals surface area contributed by atoms with Crippen LogP contribution in [-0.2, 0) is 6.42 Å². The van der Waals surface area contributed by atoms with E-state index in [1.54, 1.807) is 0 Å². The second-order valence-electron chi connectivity index (χ2n) is 7.96. The average molecular weight is 396 g/mol. The van der Waals surface area contributed by atoms with Crippen LogP contribution in [-0.4, -0.2) is 21.5 Å². The van der Waals surface area contributed by atoms with Gasteiger partial charge in [-0.15, -0.1) is 0 Å². The van der Waals surface area contributed by atoms with E-state index in [-0.39, 0.29) is 6.04 Å². The van der Waals surface area contributed by atoms with Gasteiger partial charge in [0.1, 0.15) is 5.82 Å². The van der Waals surface area contributed by atoms with Gasteiger partial charge in [0, 0.05) is 35.2 Å². The minimum Gasteiger partial charge on any atom is -0.398 e. The third-order valence-corrected chi connectivity index (χ3v) is 5.93. The van der Waals surface area contributed by atoms with Crippen LogP contribution in [0.15, 0.2) is 60.9 Å². The molecule has 2 aromatic heterocycles. The van der Waals surface area contributed by atoms with E-state index >= 15 is 0 Å². The van der Waals surface area contributed by atoms with Crippen LogP contribution in [0.25, 0.3) is 22.6 Å². The van der Waals surface area contributed by atoms with E-state index in [1.807, 2.05) is 37.5 Å². The van der Waals surface area contributed by atoms with E-state index < -0.39 is 0 Å². The first-order valence-electron chi connectivity index (χ1n) is 10.3. The first kappa shape index (κ1) is 18.6. The Bertz CT molecular complexity index is 1210. The summed E-state index contributed by atoms with van der Waals surface area (Å²) in [5.74, 6) is 0.869. The summed E-state index contributed by atoms with van der Waals surface area (Å²) in [6.07, 6.45) is 4.72. The standard InChI is InChI=1S/C25H25N5/c1-15-6-8-17(24-20-4-3-5-22(26)19(20)10-11-27-24)12-21(15)25-29-14-23(30-25)18-9-7-16(2)28-13-18/h3-9,12-14,24,27H,10-11,26H2,1-2H3,(H,29,30). The summed E-state index contributed by atoms with van der Waals surface area (Å²) in [6.45, 7) is 5.03. The number of nitrogens with zero attached hydrogens (tertiary/aromatic N) is 2. The minimum atomic E-state index is 0.132. The maximum atomic E-state index is 6.25. The van der Waals surface area contributed by atoms with Gasteiger partial charge < -0.3 is 16.0 Å². The number of pyridine rings is 1. The molecule has 4 aromatic rings. The zero-order chi connectivity index (χ0) is 20.7. The highest BCUT2D eigenvalue weighted by Crippen LogP contribution is 2.34. The molecule has 4 N–H and O–H groups in total. The van der Waals surface area contributed by atoms with Crippen molar-refractivity contribution in [3.8, 4) is 22.6 Å². The van der Waals surface area contributed by atoms with Crippen LogP contribution in [0.4, 0.5) is 5.69 Å². The molecule has 0 aliphatic carbocycles. The molecule has 0 spiro atoms. The molecule has 1 atom stereocenters. The highest BCUT2D eigenvalue weighted by Gasteiger charge is 2.23. The van der Waals surface area contributed by atoms with E-state index in [2.05, 4.69) is 57.5 Å². The number of aromatic nitrogens is 3. The van der Waals surface area contributed by atoms with Crippen LogP contribution in [0, 0.1) is 13.8 Å². The summed E-state index contributed by atoms with van der Waals surface area (Å²) < 4.78 is 0. The van der Waals surface area contributed by atoms with Gasteiger partial charge in [0.25, 0.3) is 0 Å². The second kappa shape index (κ2) is 7.43. The number of nitrogen functional groups attached to an aromatic ring is 1. The van der Waals surface area contributed by atoms with E-state index in [4.69, 9.17) is 5.73 Å². The molecule has 0 saturated heterocycles. The van der Waals surface area contributed by atoms with Crippen molar-refractivity contribution < 1.29 is 0 Å². The van der Waals surface area contributed by atoms with E-state index in [9.17, 15) is 0 Å². The number of benzene rings is 2. The molecule has 0 radical (unpaired) electrons. The molecule has 150 valence electrons. The van der Waals surface area contributed by atoms with Crippen molar-refractivity contribution in [1.29, 1.82) is 0 Å². The first-order valence-corrected chi connectivity index (χ1v) is 10.3. The first-order chi connectivity index (χ1) is 14.6. The highest BCUT2D eigenvalue weighted by atomic mass is 14.9. The smallest absolute Gasteiger partial charge is 0.138 e. The molecule has 0 fully saturated rings. The van der Waals surface area contributed by atoms with Crippen molar-refractivity contribution in [2.45, 2.75) is 26.3 Å². The zero-order valence-corrected chi connectivity index (χ0v) is 17.2. The van der Waals surface area contributed by atoms with Gasteiger partial charge >= 0.3 is 0 Å². The van der Waals surface area contributed by atoms with Gasteiger partial charge in [-0.1, -0.05) is 24.3 Å². The number of rotatable bonds is 3. The Morgan fingerprint density at radius 1 is 1.00 bits per heavy atom. The Morgan fingerprint density at radius 3 is 2.73 bits per heavy atom. The molecule has 5 heteroatoms. The maximum Gasteiger partial charge on any atom is 0.138 e. The third kappa shape index (κ3) is 3.27. The number of aryl methyl sites for hydroxylation is 2. The quantitative estimate of drug-likeness (QED) is 0.444. The normalized spacial score (nSPS) is 15.7. The summed E-state index contributed by atoms with van der Waals surface area (Å²) in [5, 5.41) is 3.66. The lowest BCUT2D eigenvalue weighted by Gasteiger charge is -2.28. The number of imidazole rings is 1. The second-order valence-corrected chi connectivity index (χ2v) is 7.96. The van der Waals surface area contributed by atoms with Crippen molar-refractivity contribution in [3.05, 3.63) is 88.9 Å². The lowest BCUT2D eigenvalue weighted by atomic mass is 9.87. The van der Waals surface area contributed by atoms with Gasteiger partial charge in [0.05, 0.1) is 17.9 Å². The Morgan fingerprint density at radius 2 is 1.90 bits per heavy atom. The van der Waals surface area contributed by atoms with Gasteiger partial charge in [0.2, 0.25) is 0 Å². The van der Waals surface area contributed by atoms with Crippen molar-refractivity contribution in [2.24, 2.45) is 0 Å². The number of nitrogens with one attached hydrogen (secondary N) is 2. The molecular weight excluding hydrogens is 370 g/mol. The number of aromatic amines is 1. The average Bonchev–Trinajstić information content (AvgIpc) is 3.25. The summed E-state index contributed by atoms with van der Waals surface area (Å²) >= 11 is 0. The fraction of sp³-hybridized carbons (Fsp3) is 0.200. The lowest BCUT2D eigenvalue weighted by molar-refractivity contribution is 0.569. The molecule has 1 aliphatic rings. The van der Waals surface area contributed by atoms with Crippen molar-refractivity contribution >= 4 is 5.69 Å². The largest absolute Gasteiger partial charge is 0.398 e. The molecule has 1 aliphatic heterocycles. The fourth-order valence-electron chi connectivity index (χ4n) is 4.24. The van der Waals surface area contributed by atoms with Gasteiger partial charge in [0.15, 0.2) is 0 Å². The van der Waals surface area contributed by atoms with Crippen LogP contribution in [0.3, 0.4) is 0 Å². The van der Waals surface area contributed by atoms with Crippen molar-refractivity contribution in [3.63, 3.8) is 0 Å². The number of hydrogen-bond donors (Lipinski definition) is 3. The monoisotopic (exact) mass is 395 g/mol. The molecule has 0 saturated carbocycles. The lowest BCUT2D eigenvalue weighted by Crippen LogP contribution is -2.31. The number of anilines is 1. The molecule has 5 nitrogen and oxygen atoms in total. The summed E-state index contributed by atoms with van der Waals surface area (Å²) in [7, 11) is 0. The summed E-state index contributed by atoms with van der Waals surface area (Å²) in [5.41, 5.74) is 16.2. The summed E-state index contributed by atoms with van der Waals surface area (Å²) in [4.78, 5) is 12.5. The highest BCUT2D eigenvalue weighted by molar-refractivity contribution is 5.67. The Kier molecular flexibility index (Phi) is 4.60. The molecule has 30 heavy (non-hydrogen) atoms. The molecule has 0 bridgehead atoms. The van der Waals surface area contributed by atoms with Crippen LogP contribution < -0.4 is 11.1 Å². The molecule has 2 aromatic carbocycles. The van der Waals surface area contributed by atoms with Gasteiger partial charge in [-0.05, 0) is 66.8 Å². The van der Waals surface area contributed by atoms with E-state index in [0.717, 1.165) is 47.0 Å².